The van der Waals surface area contributed by atoms with Gasteiger partial charge in [0.2, 0.25) is 0 Å². The molecule has 3 aliphatic rings. The van der Waals surface area contributed by atoms with Crippen LogP contribution in [-0.4, -0.2) is 105 Å². The standard InChI is InChI=1S/C22H42N4O2/c1-23(2)22(27)25-12-9-21(18-25)26(20-10-15-28-16-11-20)14-13-24(3)17-19-7-5-4-6-8-19/h19-21H,4-18H2,1-3H3. The third-order valence-electron chi connectivity index (χ3n) is 6.98. The number of amides is 2. The monoisotopic (exact) mass is 394 g/mol. The van der Waals surface area contributed by atoms with Gasteiger partial charge in [0.05, 0.1) is 0 Å². The molecule has 2 saturated heterocycles. The average molecular weight is 395 g/mol. The summed E-state index contributed by atoms with van der Waals surface area (Å²) in [6, 6.07) is 1.26. The number of hydrogen-bond donors (Lipinski definition) is 0. The van der Waals surface area contributed by atoms with Crippen LogP contribution in [0.1, 0.15) is 51.4 Å². The van der Waals surface area contributed by atoms with E-state index in [1.165, 1.54) is 38.6 Å². The summed E-state index contributed by atoms with van der Waals surface area (Å²) >= 11 is 0. The van der Waals surface area contributed by atoms with Crippen molar-refractivity contribution >= 4 is 6.03 Å². The van der Waals surface area contributed by atoms with Gasteiger partial charge in [0.25, 0.3) is 0 Å². The first kappa shape index (κ1) is 21.8. The number of ether oxygens (including phenoxy) is 1. The Kier molecular flexibility index (Phi) is 8.42. The van der Waals surface area contributed by atoms with Crippen LogP contribution in [0.25, 0.3) is 0 Å². The highest BCUT2D eigenvalue weighted by molar-refractivity contribution is 5.74. The lowest BCUT2D eigenvalue weighted by molar-refractivity contribution is 0.0146. The number of carbonyl (C=O) groups is 1. The molecule has 1 atom stereocenters. The molecule has 0 spiro atoms. The van der Waals surface area contributed by atoms with Crippen LogP contribution in [0.15, 0.2) is 0 Å². The zero-order valence-corrected chi connectivity index (χ0v) is 18.4. The van der Waals surface area contributed by atoms with Crippen LogP contribution in [0.5, 0.6) is 0 Å². The van der Waals surface area contributed by atoms with Crippen LogP contribution >= 0.6 is 0 Å². The van der Waals surface area contributed by atoms with Crippen molar-refractivity contribution in [3.8, 4) is 0 Å². The number of likely N-dealkylation sites (N-methyl/N-ethyl adjacent to an activating group) is 1. The molecule has 6 heteroatoms. The van der Waals surface area contributed by atoms with Gasteiger partial charge in [0.1, 0.15) is 0 Å². The summed E-state index contributed by atoms with van der Waals surface area (Å²) in [6.45, 7) is 7.02. The van der Waals surface area contributed by atoms with E-state index >= 15 is 0 Å². The van der Waals surface area contributed by atoms with Gasteiger partial charge < -0.3 is 19.4 Å². The number of hydrogen-bond acceptors (Lipinski definition) is 4. The predicted molar refractivity (Wildman–Crippen MR) is 114 cm³/mol. The first-order chi connectivity index (χ1) is 13.5. The number of urea groups is 1. The lowest BCUT2D eigenvalue weighted by atomic mass is 9.89. The Labute approximate surface area is 172 Å². The number of nitrogens with zero attached hydrogens (tertiary/aromatic N) is 4. The number of rotatable bonds is 7. The second-order valence-corrected chi connectivity index (χ2v) is 9.41. The van der Waals surface area contributed by atoms with Gasteiger partial charge in [0, 0.05) is 72.1 Å². The van der Waals surface area contributed by atoms with Crippen LogP contribution in [0.2, 0.25) is 0 Å². The zero-order chi connectivity index (χ0) is 19.9. The van der Waals surface area contributed by atoms with Gasteiger partial charge in [-0.25, -0.2) is 4.79 Å². The van der Waals surface area contributed by atoms with E-state index in [4.69, 9.17) is 4.74 Å². The molecule has 2 heterocycles. The Morgan fingerprint density at radius 1 is 0.929 bits per heavy atom. The summed E-state index contributed by atoms with van der Waals surface area (Å²) < 4.78 is 5.62. The van der Waals surface area contributed by atoms with E-state index < -0.39 is 0 Å². The molecule has 3 fully saturated rings. The maximum atomic E-state index is 12.4. The molecule has 0 radical (unpaired) electrons. The summed E-state index contributed by atoms with van der Waals surface area (Å²) in [4.78, 5) is 21.4. The summed E-state index contributed by atoms with van der Waals surface area (Å²) in [6.07, 6.45) is 10.5. The van der Waals surface area contributed by atoms with Crippen molar-refractivity contribution < 1.29 is 9.53 Å². The van der Waals surface area contributed by atoms with E-state index in [0.29, 0.717) is 12.1 Å². The quantitative estimate of drug-likeness (QED) is 0.666. The van der Waals surface area contributed by atoms with Crippen molar-refractivity contribution in [3.05, 3.63) is 0 Å². The van der Waals surface area contributed by atoms with E-state index in [0.717, 1.165) is 64.6 Å². The molecule has 0 aromatic heterocycles. The molecular weight excluding hydrogens is 352 g/mol. The fourth-order valence-corrected chi connectivity index (χ4v) is 5.34. The van der Waals surface area contributed by atoms with Gasteiger partial charge in [-0.1, -0.05) is 19.3 Å². The molecule has 2 amide bonds. The maximum Gasteiger partial charge on any atom is 0.319 e. The molecule has 2 aliphatic heterocycles. The summed E-state index contributed by atoms with van der Waals surface area (Å²) in [7, 11) is 6.01. The first-order valence-electron chi connectivity index (χ1n) is 11.5. The van der Waals surface area contributed by atoms with E-state index in [-0.39, 0.29) is 6.03 Å². The maximum absolute atomic E-state index is 12.4. The highest BCUT2D eigenvalue weighted by Gasteiger charge is 2.35. The minimum absolute atomic E-state index is 0.156. The van der Waals surface area contributed by atoms with Crippen molar-refractivity contribution in [2.75, 3.05) is 67.1 Å². The topological polar surface area (TPSA) is 39.3 Å². The molecule has 6 nitrogen and oxygen atoms in total. The largest absolute Gasteiger partial charge is 0.381 e. The molecule has 0 bridgehead atoms. The van der Waals surface area contributed by atoms with Crippen molar-refractivity contribution in [2.45, 2.75) is 63.5 Å². The summed E-state index contributed by atoms with van der Waals surface area (Å²) in [5.74, 6) is 0.898. The Bertz CT molecular complexity index is 475. The highest BCUT2D eigenvalue weighted by atomic mass is 16.5. The fraction of sp³-hybridized carbons (Fsp3) is 0.955. The lowest BCUT2D eigenvalue weighted by Crippen LogP contribution is -2.50. The molecule has 1 saturated carbocycles. The Morgan fingerprint density at radius 3 is 2.32 bits per heavy atom. The van der Waals surface area contributed by atoms with E-state index in [1.54, 1.807) is 4.90 Å². The van der Waals surface area contributed by atoms with Crippen LogP contribution < -0.4 is 0 Å². The van der Waals surface area contributed by atoms with Gasteiger partial charge in [-0.15, -0.1) is 0 Å². The van der Waals surface area contributed by atoms with Crippen molar-refractivity contribution in [1.82, 2.24) is 19.6 Å². The second-order valence-electron chi connectivity index (χ2n) is 9.41. The fourth-order valence-electron chi connectivity index (χ4n) is 5.34. The molecule has 1 unspecified atom stereocenters. The molecule has 0 aromatic carbocycles. The van der Waals surface area contributed by atoms with Gasteiger partial charge >= 0.3 is 6.03 Å². The Hall–Kier alpha value is -0.850. The predicted octanol–water partition coefficient (Wildman–Crippen LogP) is 2.74. The number of likely N-dealkylation sites (tertiary alicyclic amines) is 1. The molecule has 3 rings (SSSR count). The molecule has 0 N–H and O–H groups in total. The van der Waals surface area contributed by atoms with Gasteiger partial charge in [-0.2, -0.15) is 0 Å². The SMILES string of the molecule is CN(CCN(C1CCOCC1)C1CCN(C(=O)N(C)C)C1)CC1CCCCC1. The second kappa shape index (κ2) is 10.8. The van der Waals surface area contributed by atoms with Crippen molar-refractivity contribution in [1.29, 1.82) is 0 Å². The zero-order valence-electron chi connectivity index (χ0n) is 18.4. The van der Waals surface area contributed by atoms with Crippen LogP contribution in [0, 0.1) is 5.92 Å². The van der Waals surface area contributed by atoms with Crippen LogP contribution in [0.4, 0.5) is 4.79 Å². The third kappa shape index (κ3) is 6.07. The minimum atomic E-state index is 0.156. The van der Waals surface area contributed by atoms with Gasteiger partial charge in [-0.05, 0) is 45.1 Å². The third-order valence-corrected chi connectivity index (χ3v) is 6.98. The molecule has 28 heavy (non-hydrogen) atoms. The van der Waals surface area contributed by atoms with Crippen molar-refractivity contribution in [2.24, 2.45) is 5.92 Å². The van der Waals surface area contributed by atoms with E-state index in [1.807, 2.05) is 19.0 Å². The van der Waals surface area contributed by atoms with Gasteiger partial charge in [-0.3, -0.25) is 4.90 Å². The van der Waals surface area contributed by atoms with Crippen molar-refractivity contribution in [3.63, 3.8) is 0 Å². The molecule has 162 valence electrons. The smallest absolute Gasteiger partial charge is 0.319 e. The molecule has 1 aliphatic carbocycles. The minimum Gasteiger partial charge on any atom is -0.381 e. The molecule has 0 aromatic rings. The average Bonchev–Trinajstić information content (AvgIpc) is 3.19. The van der Waals surface area contributed by atoms with Crippen LogP contribution in [-0.2, 0) is 4.74 Å². The summed E-state index contributed by atoms with van der Waals surface area (Å²) in [5.41, 5.74) is 0. The normalized spacial score (nSPS) is 25.0. The van der Waals surface area contributed by atoms with Crippen LogP contribution in [0.3, 0.4) is 0 Å². The van der Waals surface area contributed by atoms with E-state index in [9.17, 15) is 4.79 Å². The number of carbonyl (C=O) groups excluding carboxylic acids is 1. The van der Waals surface area contributed by atoms with Gasteiger partial charge in [0.15, 0.2) is 0 Å². The Morgan fingerprint density at radius 2 is 1.64 bits per heavy atom. The summed E-state index contributed by atoms with van der Waals surface area (Å²) in [5, 5.41) is 0. The molecular formula is C22H42N4O2. The highest BCUT2D eigenvalue weighted by Crippen LogP contribution is 2.25. The lowest BCUT2D eigenvalue weighted by Gasteiger charge is -2.39. The first-order valence-corrected chi connectivity index (χ1v) is 11.5. The Balaban J connectivity index is 1.54. The van der Waals surface area contributed by atoms with E-state index in [2.05, 4.69) is 16.8 Å².